The Morgan fingerprint density at radius 3 is 1.31 bits per heavy atom. The van der Waals surface area contributed by atoms with Crippen LogP contribution in [0.1, 0.15) is 51.8 Å². The molecular weight excluding hydrogens is 792 g/mol. The Bertz CT molecular complexity index is 2290. The van der Waals surface area contributed by atoms with Crippen LogP contribution in [0.3, 0.4) is 0 Å². The molecule has 0 saturated carbocycles. The number of benzene rings is 5. The highest BCUT2D eigenvalue weighted by Gasteiger charge is 2.57. The Labute approximate surface area is 348 Å². The number of ether oxygens (including phenoxy) is 8. The number of cyclic esters (lactones) is 1. The van der Waals surface area contributed by atoms with E-state index in [0.29, 0.717) is 0 Å². The molecule has 312 valence electrons. The van der Waals surface area contributed by atoms with Crippen molar-refractivity contribution >= 4 is 35.8 Å². The van der Waals surface area contributed by atoms with E-state index in [1.807, 2.05) is 0 Å². The smallest absolute Gasteiger partial charge is 0.352 e. The average molecular weight is 831 g/mol. The van der Waals surface area contributed by atoms with E-state index in [0.717, 1.165) is 0 Å². The van der Waals surface area contributed by atoms with E-state index in [1.54, 1.807) is 91.0 Å². The average Bonchev–Trinajstić information content (AvgIpc) is 3.79. The zero-order valence-electron chi connectivity index (χ0n) is 32.1. The lowest BCUT2D eigenvalue weighted by Crippen LogP contribution is -2.49. The van der Waals surface area contributed by atoms with Gasteiger partial charge in [0.05, 0.1) is 34.4 Å². The third kappa shape index (κ3) is 10.2. The number of carbonyl (C=O) groups is 6. The minimum atomic E-state index is -1.83. The van der Waals surface area contributed by atoms with Gasteiger partial charge in [-0.15, -0.1) is 0 Å². The van der Waals surface area contributed by atoms with Crippen molar-refractivity contribution in [2.24, 2.45) is 0 Å². The molecule has 1 N–H and O–H groups in total. The molecule has 0 radical (unpaired) electrons. The highest BCUT2D eigenvalue weighted by molar-refractivity contribution is 5.93. The van der Waals surface area contributed by atoms with Gasteiger partial charge in [-0.3, -0.25) is 0 Å². The standard InChI is InChI=1S/C46H38O15/c47-26-33(35-37(59-42(50)30-20-10-3-11-21-30)38(45(53)58-35)60-43(51)31-22-12-4-13-23-31)55-46-39(61-44(52)32-24-14-5-15-25-32)36(57-41(49)29-18-8-2-9-19-29)34(56-46)27-54-40(48)28-16-6-1-7-17-28/h1-25,33-39,46-47H,26-27H2/t33-,34-,35+,36-,37+,38-,39+,46+/m1/s1. The Balaban J connectivity index is 1.21. The summed E-state index contributed by atoms with van der Waals surface area (Å²) in [7, 11) is 0. The van der Waals surface area contributed by atoms with Gasteiger partial charge in [-0.1, -0.05) is 91.0 Å². The van der Waals surface area contributed by atoms with Gasteiger partial charge in [0.25, 0.3) is 0 Å². The summed E-state index contributed by atoms with van der Waals surface area (Å²) in [6.07, 6.45) is -13.0. The minimum Gasteiger partial charge on any atom is -0.459 e. The van der Waals surface area contributed by atoms with Crippen molar-refractivity contribution in [2.75, 3.05) is 13.2 Å². The van der Waals surface area contributed by atoms with Crippen molar-refractivity contribution in [1.82, 2.24) is 0 Å². The predicted molar refractivity (Wildman–Crippen MR) is 210 cm³/mol. The molecule has 0 spiro atoms. The molecular formula is C46H38O15. The van der Waals surface area contributed by atoms with Gasteiger partial charge in [0.15, 0.2) is 30.7 Å². The van der Waals surface area contributed by atoms with E-state index in [2.05, 4.69) is 0 Å². The van der Waals surface area contributed by atoms with Crippen LogP contribution in [0.5, 0.6) is 0 Å². The lowest BCUT2D eigenvalue weighted by molar-refractivity contribution is -0.225. The Morgan fingerprint density at radius 2 is 0.885 bits per heavy atom. The molecule has 2 fully saturated rings. The van der Waals surface area contributed by atoms with Crippen LogP contribution < -0.4 is 0 Å². The second-order valence-electron chi connectivity index (χ2n) is 13.7. The molecule has 0 bridgehead atoms. The van der Waals surface area contributed by atoms with Crippen LogP contribution in [0.4, 0.5) is 0 Å². The summed E-state index contributed by atoms with van der Waals surface area (Å²) < 4.78 is 46.8. The highest BCUT2D eigenvalue weighted by Crippen LogP contribution is 2.34. The quantitative estimate of drug-likeness (QED) is 0.112. The zero-order valence-corrected chi connectivity index (χ0v) is 32.1. The molecule has 2 heterocycles. The Kier molecular flexibility index (Phi) is 13.5. The summed E-state index contributed by atoms with van der Waals surface area (Å²) in [6, 6.07) is 39.3. The first-order valence-electron chi connectivity index (χ1n) is 19.1. The van der Waals surface area contributed by atoms with E-state index in [1.165, 1.54) is 60.7 Å². The molecule has 5 aromatic rings. The van der Waals surface area contributed by atoms with Crippen LogP contribution in [0.25, 0.3) is 0 Å². The van der Waals surface area contributed by atoms with Crippen molar-refractivity contribution in [3.63, 3.8) is 0 Å². The predicted octanol–water partition coefficient (Wildman–Crippen LogP) is 4.77. The monoisotopic (exact) mass is 830 g/mol. The lowest BCUT2D eigenvalue weighted by Gasteiger charge is -2.30. The molecule has 2 aliphatic rings. The number of hydrogen-bond acceptors (Lipinski definition) is 15. The summed E-state index contributed by atoms with van der Waals surface area (Å²) >= 11 is 0. The van der Waals surface area contributed by atoms with Crippen molar-refractivity contribution in [3.05, 3.63) is 179 Å². The highest BCUT2D eigenvalue weighted by atomic mass is 16.8. The van der Waals surface area contributed by atoms with Crippen molar-refractivity contribution < 1.29 is 71.8 Å². The van der Waals surface area contributed by atoms with E-state index < -0.39 is 98.0 Å². The van der Waals surface area contributed by atoms with Gasteiger partial charge in [-0.05, 0) is 60.7 Å². The third-order valence-corrected chi connectivity index (χ3v) is 9.62. The molecule has 2 aliphatic heterocycles. The molecule has 2 saturated heterocycles. The Hall–Kier alpha value is -7.20. The number of rotatable bonds is 15. The SMILES string of the molecule is O=C(OC[C@H]1O[C@H](O[C@H](CO)[C@@H]2OC(=O)[C@H](OC(=O)c3ccccc3)[C@H]2OC(=O)c2ccccc2)[C@@H](OC(=O)c2ccccc2)[C@@H]1OC(=O)c1ccccc1)c1ccccc1. The molecule has 61 heavy (non-hydrogen) atoms. The first kappa shape index (κ1) is 41.9. The van der Waals surface area contributed by atoms with Gasteiger partial charge in [-0.25, -0.2) is 28.8 Å². The maximum Gasteiger partial charge on any atom is 0.352 e. The van der Waals surface area contributed by atoms with Gasteiger partial charge < -0.3 is 43.0 Å². The van der Waals surface area contributed by atoms with Crippen LogP contribution >= 0.6 is 0 Å². The van der Waals surface area contributed by atoms with Gasteiger partial charge in [0.2, 0.25) is 6.10 Å². The van der Waals surface area contributed by atoms with Gasteiger partial charge in [0.1, 0.15) is 18.8 Å². The largest absolute Gasteiger partial charge is 0.459 e. The summed E-state index contributed by atoms with van der Waals surface area (Å²) in [5.41, 5.74) is 0.607. The number of esters is 6. The molecule has 0 aliphatic carbocycles. The van der Waals surface area contributed by atoms with Gasteiger partial charge in [-0.2, -0.15) is 0 Å². The first-order chi connectivity index (χ1) is 29.7. The fraction of sp³-hybridized carbons (Fsp3) is 0.217. The molecule has 8 atom stereocenters. The molecule has 15 nitrogen and oxygen atoms in total. The van der Waals surface area contributed by atoms with E-state index in [9.17, 15) is 33.9 Å². The minimum absolute atomic E-state index is 0.0816. The first-order valence-corrected chi connectivity index (χ1v) is 19.1. The van der Waals surface area contributed by atoms with E-state index in [-0.39, 0.29) is 27.8 Å². The zero-order chi connectivity index (χ0) is 42.7. The van der Waals surface area contributed by atoms with Crippen LogP contribution in [0, 0.1) is 0 Å². The van der Waals surface area contributed by atoms with Crippen LogP contribution in [-0.2, 0) is 42.7 Å². The Morgan fingerprint density at radius 1 is 0.508 bits per heavy atom. The van der Waals surface area contributed by atoms with E-state index >= 15 is 0 Å². The lowest BCUT2D eigenvalue weighted by atomic mass is 10.0. The van der Waals surface area contributed by atoms with E-state index in [4.69, 9.17) is 37.9 Å². The summed E-state index contributed by atoms with van der Waals surface area (Å²) in [6.45, 7) is -1.48. The molecule has 5 aromatic carbocycles. The van der Waals surface area contributed by atoms with Crippen molar-refractivity contribution in [1.29, 1.82) is 0 Å². The third-order valence-electron chi connectivity index (χ3n) is 9.62. The maximum absolute atomic E-state index is 13.6. The number of aliphatic hydroxyl groups is 1. The second-order valence-corrected chi connectivity index (χ2v) is 13.7. The molecule has 7 rings (SSSR count). The summed E-state index contributed by atoms with van der Waals surface area (Å²) in [5, 5.41) is 10.8. The summed E-state index contributed by atoms with van der Waals surface area (Å²) in [5.74, 6) is -5.47. The molecule has 0 unspecified atom stereocenters. The van der Waals surface area contributed by atoms with Crippen LogP contribution in [-0.4, -0.2) is 103 Å². The van der Waals surface area contributed by atoms with Gasteiger partial charge in [0, 0.05) is 0 Å². The summed E-state index contributed by atoms with van der Waals surface area (Å²) in [4.78, 5) is 80.4. The molecule has 0 amide bonds. The molecule has 15 heteroatoms. The fourth-order valence-corrected chi connectivity index (χ4v) is 6.58. The van der Waals surface area contributed by atoms with Crippen LogP contribution in [0.2, 0.25) is 0 Å². The number of hydrogen-bond donors (Lipinski definition) is 1. The van der Waals surface area contributed by atoms with Crippen LogP contribution in [0.15, 0.2) is 152 Å². The topological polar surface area (TPSA) is 196 Å². The molecule has 0 aromatic heterocycles. The second kappa shape index (κ2) is 19.7. The normalized spacial score (nSPS) is 22.2. The van der Waals surface area contributed by atoms with Crippen molar-refractivity contribution in [2.45, 2.75) is 49.0 Å². The van der Waals surface area contributed by atoms with Crippen molar-refractivity contribution in [3.8, 4) is 0 Å². The number of carbonyl (C=O) groups excluding carboxylic acids is 6. The maximum atomic E-state index is 13.6. The number of aliphatic hydroxyl groups excluding tert-OH is 1. The van der Waals surface area contributed by atoms with Gasteiger partial charge >= 0.3 is 35.8 Å². The fourth-order valence-electron chi connectivity index (χ4n) is 6.58.